The number of ether oxygens (including phenoxy) is 1. The van der Waals surface area contributed by atoms with Gasteiger partial charge >= 0.3 is 0 Å². The lowest BCUT2D eigenvalue weighted by molar-refractivity contribution is -0.122. The van der Waals surface area contributed by atoms with Crippen molar-refractivity contribution in [3.63, 3.8) is 0 Å². The number of amides is 1. The Kier molecular flexibility index (Phi) is 4.06. The Labute approximate surface area is 123 Å². The maximum atomic E-state index is 12.1. The van der Waals surface area contributed by atoms with E-state index in [0.29, 0.717) is 19.4 Å². The van der Waals surface area contributed by atoms with Crippen LogP contribution in [-0.4, -0.2) is 28.1 Å². The first-order valence-electron chi connectivity index (χ1n) is 7.14. The van der Waals surface area contributed by atoms with Crippen molar-refractivity contribution in [2.24, 2.45) is 7.05 Å². The van der Waals surface area contributed by atoms with Gasteiger partial charge in [0.15, 0.2) is 0 Å². The van der Waals surface area contributed by atoms with E-state index in [2.05, 4.69) is 10.3 Å². The number of hydrogen-bond donors (Lipinski definition) is 1. The molecule has 2 aromatic rings. The topological polar surface area (TPSA) is 69.3 Å². The number of aromatic nitrogens is 2. The smallest absolute Gasteiger partial charge is 0.220 e. The van der Waals surface area contributed by atoms with Gasteiger partial charge in [-0.1, -0.05) is 0 Å². The van der Waals surface area contributed by atoms with Crippen molar-refractivity contribution in [2.45, 2.75) is 31.4 Å². The molecule has 0 unspecified atom stereocenters. The molecule has 0 saturated carbocycles. The van der Waals surface area contributed by atoms with E-state index in [-0.39, 0.29) is 18.1 Å². The Hall–Kier alpha value is -2.08. The minimum absolute atomic E-state index is 0.0149. The van der Waals surface area contributed by atoms with E-state index in [0.717, 1.165) is 18.0 Å². The summed E-state index contributed by atoms with van der Waals surface area (Å²) in [5.41, 5.74) is 0. The van der Waals surface area contributed by atoms with Crippen LogP contribution in [0.3, 0.4) is 0 Å². The highest BCUT2D eigenvalue weighted by atomic mass is 16.5. The van der Waals surface area contributed by atoms with Gasteiger partial charge in [0.25, 0.3) is 0 Å². The van der Waals surface area contributed by atoms with Crippen LogP contribution in [0.1, 0.15) is 30.5 Å². The summed E-state index contributed by atoms with van der Waals surface area (Å²) in [4.78, 5) is 16.4. The summed E-state index contributed by atoms with van der Waals surface area (Å²) >= 11 is 0. The van der Waals surface area contributed by atoms with Crippen molar-refractivity contribution in [3.8, 4) is 0 Å². The molecule has 0 bridgehead atoms. The number of nitrogens with zero attached hydrogens (tertiary/aromatic N) is 2. The number of nitrogens with one attached hydrogen (secondary N) is 1. The fraction of sp³-hybridized carbons (Fsp3) is 0.467. The second-order valence-corrected chi connectivity index (χ2v) is 5.23. The zero-order valence-corrected chi connectivity index (χ0v) is 12.0. The largest absolute Gasteiger partial charge is 0.469 e. The van der Waals surface area contributed by atoms with Crippen LogP contribution in [0, 0.1) is 0 Å². The maximum absolute atomic E-state index is 12.1. The third kappa shape index (κ3) is 3.16. The molecular formula is C15H19N3O3. The van der Waals surface area contributed by atoms with Crippen LogP contribution < -0.4 is 5.32 Å². The van der Waals surface area contributed by atoms with Gasteiger partial charge in [-0.2, -0.15) is 0 Å². The van der Waals surface area contributed by atoms with E-state index in [1.54, 1.807) is 12.5 Å². The van der Waals surface area contributed by atoms with Crippen molar-refractivity contribution in [1.82, 2.24) is 14.9 Å². The molecule has 1 fully saturated rings. The van der Waals surface area contributed by atoms with Gasteiger partial charge in [-0.05, 0) is 18.6 Å². The molecule has 6 nitrogen and oxygen atoms in total. The van der Waals surface area contributed by atoms with Crippen LogP contribution in [0.15, 0.2) is 35.2 Å². The van der Waals surface area contributed by atoms with E-state index >= 15 is 0 Å². The van der Waals surface area contributed by atoms with Crippen LogP contribution in [-0.2, 0) is 23.0 Å². The summed E-state index contributed by atoms with van der Waals surface area (Å²) in [6.07, 6.45) is 6.91. The fourth-order valence-corrected chi connectivity index (χ4v) is 2.61. The maximum Gasteiger partial charge on any atom is 0.220 e. The molecule has 3 rings (SSSR count). The van der Waals surface area contributed by atoms with Crippen LogP contribution in [0.5, 0.6) is 0 Å². The standard InChI is InChI=1S/C15H19N3O3/c1-18-8-7-16-15(18)14-12(6-10-21-14)17-13(19)5-4-11-3-2-9-20-11/h2-3,7-9,12,14H,4-6,10H2,1H3,(H,17,19)/t12-,14-/m0/s1. The van der Waals surface area contributed by atoms with Gasteiger partial charge in [0.2, 0.25) is 5.91 Å². The molecule has 0 spiro atoms. The van der Waals surface area contributed by atoms with Crippen molar-refractivity contribution in [1.29, 1.82) is 0 Å². The number of imidazole rings is 1. The van der Waals surface area contributed by atoms with E-state index in [1.807, 2.05) is 29.9 Å². The SMILES string of the molecule is Cn1ccnc1[C@H]1OCC[C@@H]1NC(=O)CCc1ccco1. The molecule has 3 heterocycles. The molecule has 2 atom stereocenters. The Morgan fingerprint density at radius 1 is 1.57 bits per heavy atom. The molecule has 6 heteroatoms. The number of carbonyl (C=O) groups excluding carboxylic acids is 1. The lowest BCUT2D eigenvalue weighted by Gasteiger charge is -2.19. The molecule has 0 aliphatic carbocycles. The lowest BCUT2D eigenvalue weighted by atomic mass is 10.1. The van der Waals surface area contributed by atoms with E-state index < -0.39 is 0 Å². The monoisotopic (exact) mass is 289 g/mol. The first-order valence-corrected chi connectivity index (χ1v) is 7.14. The predicted molar refractivity (Wildman–Crippen MR) is 75.5 cm³/mol. The van der Waals surface area contributed by atoms with Crippen LogP contribution in [0.4, 0.5) is 0 Å². The van der Waals surface area contributed by atoms with Crippen LogP contribution in [0.25, 0.3) is 0 Å². The molecule has 1 aliphatic heterocycles. The minimum atomic E-state index is -0.169. The lowest BCUT2D eigenvalue weighted by Crippen LogP contribution is -2.37. The Morgan fingerprint density at radius 2 is 2.48 bits per heavy atom. The Bertz CT molecular complexity index is 591. The Balaban J connectivity index is 1.56. The highest BCUT2D eigenvalue weighted by Crippen LogP contribution is 2.27. The summed E-state index contributed by atoms with van der Waals surface area (Å²) in [7, 11) is 1.93. The van der Waals surface area contributed by atoms with Gasteiger partial charge in [0, 0.05) is 38.9 Å². The number of aryl methyl sites for hydroxylation is 2. The number of rotatable bonds is 5. The summed E-state index contributed by atoms with van der Waals surface area (Å²) in [6, 6.07) is 3.69. The van der Waals surface area contributed by atoms with E-state index in [9.17, 15) is 4.79 Å². The highest BCUT2D eigenvalue weighted by Gasteiger charge is 2.33. The van der Waals surface area contributed by atoms with Crippen molar-refractivity contribution < 1.29 is 13.9 Å². The Morgan fingerprint density at radius 3 is 3.19 bits per heavy atom. The van der Waals surface area contributed by atoms with E-state index in [1.165, 1.54) is 0 Å². The van der Waals surface area contributed by atoms with Crippen molar-refractivity contribution >= 4 is 5.91 Å². The van der Waals surface area contributed by atoms with Crippen molar-refractivity contribution in [3.05, 3.63) is 42.4 Å². The fourth-order valence-electron chi connectivity index (χ4n) is 2.61. The van der Waals surface area contributed by atoms with Gasteiger partial charge in [0.05, 0.1) is 12.3 Å². The van der Waals surface area contributed by atoms with Crippen molar-refractivity contribution in [2.75, 3.05) is 6.61 Å². The number of furan rings is 1. The van der Waals surface area contributed by atoms with Gasteiger partial charge in [0.1, 0.15) is 17.7 Å². The molecule has 21 heavy (non-hydrogen) atoms. The molecule has 0 aromatic carbocycles. The molecule has 1 N–H and O–H groups in total. The average Bonchev–Trinajstić information content (AvgIpc) is 3.18. The first kappa shape index (κ1) is 13.9. The van der Waals surface area contributed by atoms with Crippen LogP contribution >= 0.6 is 0 Å². The summed E-state index contributed by atoms with van der Waals surface area (Å²) < 4.78 is 12.9. The molecule has 2 aromatic heterocycles. The molecule has 1 saturated heterocycles. The second-order valence-electron chi connectivity index (χ2n) is 5.23. The molecular weight excluding hydrogens is 270 g/mol. The minimum Gasteiger partial charge on any atom is -0.469 e. The number of carbonyl (C=O) groups is 1. The third-order valence-electron chi connectivity index (χ3n) is 3.73. The zero-order chi connectivity index (χ0) is 14.7. The molecule has 0 radical (unpaired) electrons. The normalized spacial score (nSPS) is 21.6. The highest BCUT2D eigenvalue weighted by molar-refractivity contribution is 5.76. The average molecular weight is 289 g/mol. The molecule has 112 valence electrons. The molecule has 1 amide bonds. The first-order chi connectivity index (χ1) is 10.2. The molecule has 1 aliphatic rings. The third-order valence-corrected chi connectivity index (χ3v) is 3.73. The quantitative estimate of drug-likeness (QED) is 0.907. The second kappa shape index (κ2) is 6.13. The summed E-state index contributed by atoms with van der Waals surface area (Å²) in [5.74, 6) is 1.69. The van der Waals surface area contributed by atoms with Gasteiger partial charge in [-0.15, -0.1) is 0 Å². The van der Waals surface area contributed by atoms with Gasteiger partial charge < -0.3 is 19.0 Å². The van der Waals surface area contributed by atoms with Crippen LogP contribution in [0.2, 0.25) is 0 Å². The van der Waals surface area contributed by atoms with Gasteiger partial charge in [-0.3, -0.25) is 4.79 Å². The predicted octanol–water partition coefficient (Wildman–Crippen LogP) is 1.59. The number of hydrogen-bond acceptors (Lipinski definition) is 4. The summed E-state index contributed by atoms with van der Waals surface area (Å²) in [5, 5.41) is 3.05. The zero-order valence-electron chi connectivity index (χ0n) is 12.0. The van der Waals surface area contributed by atoms with Gasteiger partial charge in [-0.25, -0.2) is 4.98 Å². The van der Waals surface area contributed by atoms with E-state index in [4.69, 9.17) is 9.15 Å². The summed E-state index contributed by atoms with van der Waals surface area (Å²) in [6.45, 7) is 0.640.